The molecule has 1 nitrogen and oxygen atoms in total. The molecule has 1 rings (SSSR count). The van der Waals surface area contributed by atoms with Gasteiger partial charge in [0.05, 0.1) is 0 Å². The van der Waals surface area contributed by atoms with Crippen LogP contribution in [-0.4, -0.2) is 0 Å². The van der Waals surface area contributed by atoms with E-state index in [9.17, 15) is 0 Å². The number of rotatable bonds is 2. The zero-order valence-electron chi connectivity index (χ0n) is 4.66. The van der Waals surface area contributed by atoms with Crippen LogP contribution in [0.2, 0.25) is 0 Å². The maximum absolute atomic E-state index is 5.50. The Kier molecular flexibility index (Phi) is 3.02. The van der Waals surface area contributed by atoms with Crippen molar-refractivity contribution in [2.24, 2.45) is 0 Å². The SMILES string of the molecule is S=P(Cl)(Cl)Oc1cccs1. The van der Waals surface area contributed by atoms with Gasteiger partial charge in [-0.1, -0.05) is 0 Å². The van der Waals surface area contributed by atoms with Gasteiger partial charge in [-0.2, -0.15) is 0 Å². The Balaban J connectivity index is 2.66. The molecule has 0 saturated carbocycles. The van der Waals surface area contributed by atoms with Gasteiger partial charge in [0.1, 0.15) is 0 Å². The topological polar surface area (TPSA) is 9.23 Å². The summed E-state index contributed by atoms with van der Waals surface area (Å²) < 4.78 is 5.02. The van der Waals surface area contributed by atoms with E-state index in [-0.39, 0.29) is 0 Å². The molecule has 0 aromatic carbocycles. The van der Waals surface area contributed by atoms with E-state index in [0.29, 0.717) is 5.06 Å². The molecule has 1 heterocycles. The summed E-state index contributed by atoms with van der Waals surface area (Å²) in [6.07, 6.45) is 0. The zero-order chi connectivity index (χ0) is 7.61. The first-order valence-corrected chi connectivity index (χ1v) is 7.71. The Morgan fingerprint density at radius 3 is 2.70 bits per heavy atom. The first-order valence-electron chi connectivity index (χ1n) is 2.30. The van der Waals surface area contributed by atoms with E-state index < -0.39 is 4.97 Å². The fourth-order valence-electron chi connectivity index (χ4n) is 0.420. The Hall–Kier alpha value is 0.730. The molecule has 0 spiro atoms. The van der Waals surface area contributed by atoms with Crippen LogP contribution in [0, 0.1) is 0 Å². The van der Waals surface area contributed by atoms with Crippen molar-refractivity contribution in [3.63, 3.8) is 0 Å². The van der Waals surface area contributed by atoms with E-state index in [0.717, 1.165) is 0 Å². The fraction of sp³-hybridized carbons (Fsp3) is 0. The molecule has 6 heteroatoms. The quantitative estimate of drug-likeness (QED) is 0.718. The highest BCUT2D eigenvalue weighted by atomic mass is 35.9. The molecular weight excluding hydrogens is 230 g/mol. The summed E-state index contributed by atoms with van der Waals surface area (Å²) in [6.45, 7) is 0. The molecule has 56 valence electrons. The number of hydrogen-bond donors (Lipinski definition) is 0. The van der Waals surface area contributed by atoms with Crippen LogP contribution < -0.4 is 4.52 Å². The zero-order valence-corrected chi connectivity index (χ0v) is 8.70. The lowest BCUT2D eigenvalue weighted by atomic mass is 10.7. The van der Waals surface area contributed by atoms with Crippen LogP contribution in [0.3, 0.4) is 0 Å². The maximum Gasteiger partial charge on any atom is 0.289 e. The normalized spacial score (nSPS) is 11.4. The molecule has 0 aliphatic carbocycles. The molecule has 0 fully saturated rings. The second-order valence-electron chi connectivity index (χ2n) is 1.44. The molecular formula is C4H3Cl2OPS2. The molecule has 0 aliphatic heterocycles. The van der Waals surface area contributed by atoms with E-state index in [1.807, 2.05) is 11.4 Å². The van der Waals surface area contributed by atoms with Crippen molar-refractivity contribution in [2.75, 3.05) is 0 Å². The van der Waals surface area contributed by atoms with Crippen LogP contribution in [-0.2, 0) is 11.8 Å². The molecule has 10 heavy (non-hydrogen) atoms. The van der Waals surface area contributed by atoms with Crippen molar-refractivity contribution in [3.8, 4) is 5.06 Å². The van der Waals surface area contributed by atoms with Gasteiger partial charge >= 0.3 is 0 Å². The summed E-state index contributed by atoms with van der Waals surface area (Å²) in [5, 5.41) is 2.54. The fourth-order valence-corrected chi connectivity index (χ4v) is 2.72. The Morgan fingerprint density at radius 2 is 2.30 bits per heavy atom. The van der Waals surface area contributed by atoms with Crippen molar-refractivity contribution in [1.82, 2.24) is 0 Å². The lowest BCUT2D eigenvalue weighted by Crippen LogP contribution is -1.73. The van der Waals surface area contributed by atoms with Crippen molar-refractivity contribution >= 4 is 50.6 Å². The van der Waals surface area contributed by atoms with Crippen LogP contribution in [0.5, 0.6) is 5.06 Å². The molecule has 1 aromatic heterocycles. The predicted molar refractivity (Wildman–Crippen MR) is 50.9 cm³/mol. The van der Waals surface area contributed by atoms with Gasteiger partial charge in [0.15, 0.2) is 5.06 Å². The van der Waals surface area contributed by atoms with Crippen LogP contribution in [0.15, 0.2) is 17.5 Å². The van der Waals surface area contributed by atoms with Gasteiger partial charge < -0.3 is 4.52 Å². The second-order valence-corrected chi connectivity index (χ2v) is 9.48. The highest BCUT2D eigenvalue weighted by Crippen LogP contribution is 2.58. The smallest absolute Gasteiger partial charge is 0.289 e. The average molecular weight is 233 g/mol. The minimum absolute atomic E-state index is 0.674. The summed E-state index contributed by atoms with van der Waals surface area (Å²) in [5.74, 6) is 0. The monoisotopic (exact) mass is 232 g/mol. The lowest BCUT2D eigenvalue weighted by Gasteiger charge is -2.04. The predicted octanol–water partition coefficient (Wildman–Crippen LogP) is 3.83. The molecule has 0 unspecified atom stereocenters. The van der Waals surface area contributed by atoms with E-state index >= 15 is 0 Å². The summed E-state index contributed by atoms with van der Waals surface area (Å²) in [4.78, 5) is -2.57. The van der Waals surface area contributed by atoms with Crippen LogP contribution in [0.4, 0.5) is 0 Å². The maximum atomic E-state index is 5.50. The van der Waals surface area contributed by atoms with Gasteiger partial charge in [0.2, 0.25) is 0 Å². The lowest BCUT2D eigenvalue weighted by molar-refractivity contribution is 0.655. The first kappa shape index (κ1) is 8.82. The van der Waals surface area contributed by atoms with Crippen LogP contribution in [0.25, 0.3) is 0 Å². The minimum Gasteiger partial charge on any atom is -0.431 e. The number of halogens is 2. The number of hydrogen-bond acceptors (Lipinski definition) is 3. The van der Waals surface area contributed by atoms with E-state index in [4.69, 9.17) is 27.0 Å². The molecule has 0 bridgehead atoms. The molecule has 0 saturated heterocycles. The van der Waals surface area contributed by atoms with Crippen molar-refractivity contribution < 1.29 is 4.52 Å². The first-order chi connectivity index (χ1) is 4.58. The summed E-state index contributed by atoms with van der Waals surface area (Å²) in [5.41, 5.74) is 0. The third-order valence-corrected chi connectivity index (χ3v) is 2.61. The van der Waals surface area contributed by atoms with Crippen LogP contribution in [0.1, 0.15) is 0 Å². The van der Waals surface area contributed by atoms with Crippen molar-refractivity contribution in [3.05, 3.63) is 17.5 Å². The van der Waals surface area contributed by atoms with Gasteiger partial charge in [-0.05, 0) is 51.8 Å². The Labute approximate surface area is 77.6 Å². The van der Waals surface area contributed by atoms with Gasteiger partial charge in [0, 0.05) is 0 Å². The Morgan fingerprint density at radius 1 is 1.60 bits per heavy atom. The van der Waals surface area contributed by atoms with E-state index in [1.165, 1.54) is 11.3 Å². The van der Waals surface area contributed by atoms with Crippen molar-refractivity contribution in [2.45, 2.75) is 0 Å². The highest BCUT2D eigenvalue weighted by Gasteiger charge is 2.10. The summed E-state index contributed by atoms with van der Waals surface area (Å²) in [6, 6.07) is 3.62. The largest absolute Gasteiger partial charge is 0.431 e. The third kappa shape index (κ3) is 3.22. The molecule has 0 N–H and O–H groups in total. The average Bonchev–Trinajstić information content (AvgIpc) is 2.12. The standard InChI is InChI=1S/C4H3Cl2OPS2/c5-8(6,9)7-4-2-1-3-10-4/h1-3H. The molecule has 1 aromatic rings. The van der Waals surface area contributed by atoms with Gasteiger partial charge in [-0.15, -0.1) is 11.3 Å². The second kappa shape index (κ2) is 3.42. The summed E-state index contributed by atoms with van der Waals surface area (Å²) >= 11 is 17.1. The van der Waals surface area contributed by atoms with E-state index in [2.05, 4.69) is 11.8 Å². The highest BCUT2D eigenvalue weighted by molar-refractivity contribution is 8.36. The Bertz CT molecular complexity index is 242. The minimum atomic E-state index is -2.57. The van der Waals surface area contributed by atoms with Crippen molar-refractivity contribution in [1.29, 1.82) is 0 Å². The molecule has 0 atom stereocenters. The molecule has 0 aliphatic rings. The summed E-state index contributed by atoms with van der Waals surface area (Å²) in [7, 11) is 0. The van der Waals surface area contributed by atoms with Gasteiger partial charge in [0.25, 0.3) is 4.97 Å². The van der Waals surface area contributed by atoms with Crippen LogP contribution >= 0.6 is 38.8 Å². The van der Waals surface area contributed by atoms with Gasteiger partial charge in [-0.25, -0.2) is 0 Å². The van der Waals surface area contributed by atoms with Gasteiger partial charge in [-0.3, -0.25) is 0 Å². The third-order valence-electron chi connectivity index (χ3n) is 0.691. The number of thiophene rings is 1. The molecule has 0 radical (unpaired) electrons. The van der Waals surface area contributed by atoms with E-state index in [1.54, 1.807) is 6.07 Å². The molecule has 0 amide bonds.